The van der Waals surface area contributed by atoms with Crippen molar-refractivity contribution < 1.29 is 9.18 Å². The molecule has 1 radical (unpaired) electrons. The van der Waals surface area contributed by atoms with Gasteiger partial charge in [-0.05, 0) is 59.0 Å². The highest BCUT2D eigenvalue weighted by Crippen LogP contribution is 2.26. The third kappa shape index (κ3) is 4.53. The van der Waals surface area contributed by atoms with Crippen molar-refractivity contribution in [3.8, 4) is 0 Å². The summed E-state index contributed by atoms with van der Waals surface area (Å²) in [7, 11) is 0. The largest absolute Gasteiger partial charge is 0.367 e. The Hall–Kier alpha value is -2.61. The molecule has 1 aliphatic rings. The van der Waals surface area contributed by atoms with Crippen LogP contribution in [0.5, 0.6) is 0 Å². The highest BCUT2D eigenvalue weighted by Gasteiger charge is 2.20. The number of para-hydroxylation sites is 1. The Morgan fingerprint density at radius 1 is 0.966 bits per heavy atom. The van der Waals surface area contributed by atoms with Gasteiger partial charge in [0.05, 0.1) is 11.3 Å². The van der Waals surface area contributed by atoms with Crippen LogP contribution in [0.25, 0.3) is 0 Å². The normalized spacial score (nSPS) is 14.0. The minimum Gasteiger partial charge on any atom is -0.367 e. The van der Waals surface area contributed by atoms with Gasteiger partial charge in [-0.2, -0.15) is 0 Å². The third-order valence-corrected chi connectivity index (χ3v) is 5.92. The topological polar surface area (TPSA) is 35.6 Å². The second kappa shape index (κ2) is 8.82. The summed E-state index contributed by atoms with van der Waals surface area (Å²) in [5, 5.41) is 2.78. The first kappa shape index (κ1) is 19.7. The van der Waals surface area contributed by atoms with E-state index in [0.717, 1.165) is 35.4 Å². The van der Waals surface area contributed by atoms with E-state index in [0.29, 0.717) is 16.9 Å². The van der Waals surface area contributed by atoms with Gasteiger partial charge in [0.15, 0.2) is 0 Å². The number of nitrogens with one attached hydrogen (secondary N) is 1. The lowest BCUT2D eigenvalue weighted by atomic mass is 10.2. The summed E-state index contributed by atoms with van der Waals surface area (Å²) in [6.07, 6.45) is 0. The zero-order chi connectivity index (χ0) is 20.2. The number of hydrogen-bond acceptors (Lipinski definition) is 3. The fourth-order valence-electron chi connectivity index (χ4n) is 3.45. The van der Waals surface area contributed by atoms with E-state index >= 15 is 0 Å². The van der Waals surface area contributed by atoms with Crippen LogP contribution in [0.3, 0.4) is 0 Å². The molecule has 1 aliphatic heterocycles. The van der Waals surface area contributed by atoms with E-state index in [4.69, 9.17) is 0 Å². The molecule has 1 saturated heterocycles. The zero-order valence-corrected chi connectivity index (χ0v) is 17.9. The van der Waals surface area contributed by atoms with Gasteiger partial charge in [0.2, 0.25) is 0 Å². The monoisotopic (exact) mass is 500 g/mol. The average Bonchev–Trinajstić information content (AvgIpc) is 2.75. The maximum Gasteiger partial charge on any atom is 0.256 e. The Kier molecular flexibility index (Phi) is 5.99. The Morgan fingerprint density at radius 2 is 1.69 bits per heavy atom. The fourth-order valence-corrected chi connectivity index (χ4v) is 4.09. The van der Waals surface area contributed by atoms with E-state index in [1.165, 1.54) is 6.07 Å². The molecule has 3 aromatic rings. The molecule has 1 amide bonds. The van der Waals surface area contributed by atoms with Crippen LogP contribution < -0.4 is 15.1 Å². The highest BCUT2D eigenvalue weighted by atomic mass is 127. The molecule has 1 heterocycles. The molecular formula is C23H20FIN3O. The predicted octanol–water partition coefficient (Wildman–Crippen LogP) is 4.81. The molecule has 1 fully saturated rings. The van der Waals surface area contributed by atoms with E-state index in [2.05, 4.69) is 38.9 Å². The predicted molar refractivity (Wildman–Crippen MR) is 123 cm³/mol. The molecule has 0 spiro atoms. The fraction of sp³-hybridized carbons (Fsp3) is 0.174. The van der Waals surface area contributed by atoms with Crippen LogP contribution in [0.4, 0.5) is 21.5 Å². The Labute approximate surface area is 183 Å². The zero-order valence-electron chi connectivity index (χ0n) is 15.7. The maximum absolute atomic E-state index is 14.8. The minimum absolute atomic E-state index is 0.241. The van der Waals surface area contributed by atoms with Crippen molar-refractivity contribution in [1.82, 2.24) is 0 Å². The molecule has 147 valence electrons. The smallest absolute Gasteiger partial charge is 0.256 e. The van der Waals surface area contributed by atoms with Gasteiger partial charge in [0.1, 0.15) is 5.82 Å². The Morgan fingerprint density at radius 3 is 2.38 bits per heavy atom. The van der Waals surface area contributed by atoms with E-state index < -0.39 is 0 Å². The number of carbonyl (C=O) groups is 1. The van der Waals surface area contributed by atoms with Crippen LogP contribution in [0.2, 0.25) is 0 Å². The van der Waals surface area contributed by atoms with Crippen LogP contribution in [0.1, 0.15) is 10.4 Å². The number of hydrogen-bond donors (Lipinski definition) is 1. The SMILES string of the molecule is O=C(Nc1ccc(N2CCN(c3[c]cccc3)CC2)c(F)c1)c1ccccc1I. The average molecular weight is 500 g/mol. The second-order valence-corrected chi connectivity index (χ2v) is 7.98. The molecule has 0 aromatic heterocycles. The molecule has 29 heavy (non-hydrogen) atoms. The van der Waals surface area contributed by atoms with Crippen molar-refractivity contribution >= 4 is 45.6 Å². The van der Waals surface area contributed by atoms with E-state index in [1.807, 2.05) is 47.4 Å². The van der Waals surface area contributed by atoms with Gasteiger partial charge in [-0.25, -0.2) is 4.39 Å². The van der Waals surface area contributed by atoms with Gasteiger partial charge >= 0.3 is 0 Å². The number of piperazine rings is 1. The first-order valence-electron chi connectivity index (χ1n) is 9.44. The van der Waals surface area contributed by atoms with Crippen LogP contribution in [-0.4, -0.2) is 32.1 Å². The van der Waals surface area contributed by atoms with Gasteiger partial charge in [-0.15, -0.1) is 0 Å². The van der Waals surface area contributed by atoms with E-state index in [9.17, 15) is 9.18 Å². The number of rotatable bonds is 4. The van der Waals surface area contributed by atoms with Gasteiger partial charge in [-0.3, -0.25) is 4.79 Å². The van der Waals surface area contributed by atoms with Gasteiger partial charge in [-0.1, -0.05) is 30.3 Å². The first-order chi connectivity index (χ1) is 14.1. The summed E-state index contributed by atoms with van der Waals surface area (Å²) >= 11 is 2.12. The number of nitrogens with zero attached hydrogens (tertiary/aromatic N) is 2. The lowest BCUT2D eigenvalue weighted by Crippen LogP contribution is -2.46. The Balaban J connectivity index is 1.42. The molecule has 4 nitrogen and oxygen atoms in total. The van der Waals surface area contributed by atoms with Crippen molar-refractivity contribution in [3.05, 3.63) is 87.7 Å². The lowest BCUT2D eigenvalue weighted by molar-refractivity contribution is 0.102. The van der Waals surface area contributed by atoms with Crippen LogP contribution in [0, 0.1) is 15.5 Å². The molecule has 0 bridgehead atoms. The highest BCUT2D eigenvalue weighted by molar-refractivity contribution is 14.1. The van der Waals surface area contributed by atoms with Crippen LogP contribution in [-0.2, 0) is 0 Å². The Bertz CT molecular complexity index is 1000. The molecule has 6 heteroatoms. The van der Waals surface area contributed by atoms with E-state index in [-0.39, 0.29) is 11.7 Å². The standard InChI is InChI=1S/C23H20FIN3O/c24-20-16-17(26-23(29)19-8-4-5-9-21(19)25)10-11-22(20)28-14-12-27(13-15-28)18-6-2-1-3-7-18/h1-6,8-11,16H,12-15H2,(H,26,29). The van der Waals surface area contributed by atoms with Crippen LogP contribution >= 0.6 is 22.6 Å². The number of halogens is 2. The number of benzene rings is 3. The minimum atomic E-state index is -0.328. The summed E-state index contributed by atoms with van der Waals surface area (Å²) in [4.78, 5) is 16.7. The van der Waals surface area contributed by atoms with Crippen LogP contribution in [0.15, 0.2) is 66.7 Å². The van der Waals surface area contributed by atoms with Gasteiger partial charge in [0.25, 0.3) is 5.91 Å². The van der Waals surface area contributed by atoms with Crippen molar-refractivity contribution in [2.45, 2.75) is 0 Å². The molecule has 0 unspecified atom stereocenters. The summed E-state index contributed by atoms with van der Waals surface area (Å²) in [5.41, 5.74) is 2.66. The second-order valence-electron chi connectivity index (χ2n) is 6.82. The maximum atomic E-state index is 14.8. The lowest BCUT2D eigenvalue weighted by Gasteiger charge is -2.37. The molecule has 3 aromatic carbocycles. The third-order valence-electron chi connectivity index (χ3n) is 4.98. The summed E-state index contributed by atoms with van der Waals surface area (Å²) in [6.45, 7) is 3.08. The number of carbonyl (C=O) groups excluding carboxylic acids is 1. The van der Waals surface area contributed by atoms with E-state index in [1.54, 1.807) is 18.2 Å². The summed E-state index contributed by atoms with van der Waals surface area (Å²) in [6, 6.07) is 23.3. The van der Waals surface area contributed by atoms with Gasteiger partial charge in [0, 0.05) is 47.2 Å². The molecular weight excluding hydrogens is 480 g/mol. The number of amides is 1. The molecule has 0 aliphatic carbocycles. The molecule has 0 saturated carbocycles. The number of anilines is 3. The molecule has 4 rings (SSSR count). The summed E-state index contributed by atoms with van der Waals surface area (Å²) in [5.74, 6) is -0.569. The quantitative estimate of drug-likeness (QED) is 0.523. The van der Waals surface area contributed by atoms with Crippen molar-refractivity contribution in [2.24, 2.45) is 0 Å². The van der Waals surface area contributed by atoms with Gasteiger partial charge < -0.3 is 15.1 Å². The van der Waals surface area contributed by atoms with Crippen molar-refractivity contribution in [2.75, 3.05) is 41.3 Å². The van der Waals surface area contributed by atoms with Crippen molar-refractivity contribution in [1.29, 1.82) is 0 Å². The molecule has 0 atom stereocenters. The molecule has 1 N–H and O–H groups in total. The van der Waals surface area contributed by atoms with Crippen molar-refractivity contribution in [3.63, 3.8) is 0 Å². The first-order valence-corrected chi connectivity index (χ1v) is 10.5. The summed E-state index contributed by atoms with van der Waals surface area (Å²) < 4.78 is 15.6.